The van der Waals surface area contributed by atoms with Crippen molar-refractivity contribution in [1.29, 1.82) is 0 Å². The molecule has 1 fully saturated rings. The first kappa shape index (κ1) is 3.16. The molecule has 0 bridgehead atoms. The van der Waals surface area contributed by atoms with Crippen molar-refractivity contribution < 1.29 is 0 Å². The molecule has 0 spiro atoms. The molecule has 30 valence electrons. The third-order valence-electron chi connectivity index (χ3n) is 0.949. The van der Waals surface area contributed by atoms with E-state index < -0.39 is 0 Å². The SMILES string of the molecule is [CH2-]N1CCC1. The molecule has 0 unspecified atom stereocenters. The maximum Gasteiger partial charge on any atom is -0.0293 e. The summed E-state index contributed by atoms with van der Waals surface area (Å²) in [6.45, 7) is 2.42. The largest absolute Gasteiger partial charge is 0.459 e. The lowest BCUT2D eigenvalue weighted by Crippen LogP contribution is -2.30. The van der Waals surface area contributed by atoms with Crippen LogP contribution in [0, 0.1) is 7.05 Å². The maximum atomic E-state index is 3.68. The van der Waals surface area contributed by atoms with Gasteiger partial charge in [-0.05, 0) is 19.5 Å². The van der Waals surface area contributed by atoms with E-state index >= 15 is 0 Å². The average molecular weight is 70.1 g/mol. The summed E-state index contributed by atoms with van der Waals surface area (Å²) in [5.74, 6) is 0. The molecular formula is C4H8N-. The van der Waals surface area contributed by atoms with Crippen molar-refractivity contribution in [3.8, 4) is 0 Å². The molecule has 0 radical (unpaired) electrons. The smallest absolute Gasteiger partial charge is 0.0293 e. The summed E-state index contributed by atoms with van der Waals surface area (Å²) in [7, 11) is 3.68. The minimum absolute atomic E-state index is 1.21. The van der Waals surface area contributed by atoms with Gasteiger partial charge in [-0.15, -0.1) is 0 Å². The van der Waals surface area contributed by atoms with E-state index in [-0.39, 0.29) is 0 Å². The molecule has 0 amide bonds. The molecule has 0 atom stereocenters. The minimum Gasteiger partial charge on any atom is -0.459 e. The molecule has 0 aromatic rings. The highest BCUT2D eigenvalue weighted by Gasteiger charge is 1.98. The zero-order valence-corrected chi connectivity index (χ0v) is 3.28. The molecule has 0 aliphatic carbocycles. The van der Waals surface area contributed by atoms with Crippen molar-refractivity contribution in [3.05, 3.63) is 7.05 Å². The summed E-state index contributed by atoms with van der Waals surface area (Å²) in [6.07, 6.45) is 1.35. The van der Waals surface area contributed by atoms with Crippen LogP contribution in [0.3, 0.4) is 0 Å². The summed E-state index contributed by atoms with van der Waals surface area (Å²) < 4.78 is 0. The van der Waals surface area contributed by atoms with Crippen LogP contribution in [0.5, 0.6) is 0 Å². The van der Waals surface area contributed by atoms with Crippen LogP contribution < -0.4 is 0 Å². The fraction of sp³-hybridized carbons (Fsp3) is 0.750. The summed E-state index contributed by atoms with van der Waals surface area (Å²) in [5, 5.41) is 0. The Morgan fingerprint density at radius 1 is 1.40 bits per heavy atom. The van der Waals surface area contributed by atoms with E-state index in [1.807, 2.05) is 0 Å². The second kappa shape index (κ2) is 0.977. The van der Waals surface area contributed by atoms with Crippen molar-refractivity contribution >= 4 is 0 Å². The van der Waals surface area contributed by atoms with Crippen molar-refractivity contribution in [1.82, 2.24) is 4.90 Å². The quantitative estimate of drug-likeness (QED) is 0.375. The van der Waals surface area contributed by atoms with Crippen LogP contribution in [-0.4, -0.2) is 18.0 Å². The maximum absolute atomic E-state index is 3.68. The molecule has 1 heterocycles. The highest BCUT2D eigenvalue weighted by Crippen LogP contribution is 2.00. The van der Waals surface area contributed by atoms with E-state index in [1.165, 1.54) is 19.5 Å². The van der Waals surface area contributed by atoms with E-state index in [2.05, 4.69) is 11.9 Å². The lowest BCUT2D eigenvalue weighted by atomic mass is 10.3. The van der Waals surface area contributed by atoms with Crippen molar-refractivity contribution in [2.45, 2.75) is 6.42 Å². The molecular weight excluding hydrogens is 62.1 g/mol. The van der Waals surface area contributed by atoms with Crippen molar-refractivity contribution in [2.24, 2.45) is 0 Å². The fourth-order valence-electron chi connectivity index (χ4n) is 0.382. The molecule has 1 nitrogen and oxygen atoms in total. The van der Waals surface area contributed by atoms with Gasteiger partial charge in [0.05, 0.1) is 0 Å². The van der Waals surface area contributed by atoms with Gasteiger partial charge < -0.3 is 4.90 Å². The van der Waals surface area contributed by atoms with Crippen LogP contribution >= 0.6 is 0 Å². The van der Waals surface area contributed by atoms with Gasteiger partial charge in [0.25, 0.3) is 0 Å². The van der Waals surface area contributed by atoms with Gasteiger partial charge in [0.2, 0.25) is 0 Å². The first-order chi connectivity index (χ1) is 2.39. The lowest BCUT2D eigenvalue weighted by molar-refractivity contribution is 0.259. The third kappa shape index (κ3) is 0.428. The van der Waals surface area contributed by atoms with Crippen LogP contribution in [0.2, 0.25) is 0 Å². The van der Waals surface area contributed by atoms with Gasteiger partial charge in [-0.2, -0.15) is 0 Å². The molecule has 1 aliphatic rings. The van der Waals surface area contributed by atoms with E-state index in [1.54, 1.807) is 0 Å². The molecule has 1 rings (SSSR count). The Hall–Kier alpha value is -0.0400. The number of hydrogen-bond acceptors (Lipinski definition) is 1. The van der Waals surface area contributed by atoms with Gasteiger partial charge in [-0.3, -0.25) is 7.05 Å². The van der Waals surface area contributed by atoms with Gasteiger partial charge >= 0.3 is 0 Å². The number of likely N-dealkylation sites (tertiary alicyclic amines) is 1. The first-order valence-corrected chi connectivity index (χ1v) is 1.95. The standard InChI is InChI=1S/C4H8N/c1-5-3-2-4-5/h1-4H2/q-1. The van der Waals surface area contributed by atoms with Gasteiger partial charge in [-0.25, -0.2) is 0 Å². The van der Waals surface area contributed by atoms with Crippen LogP contribution in [-0.2, 0) is 0 Å². The van der Waals surface area contributed by atoms with Gasteiger partial charge in [0.15, 0.2) is 0 Å². The second-order valence-corrected chi connectivity index (χ2v) is 1.47. The topological polar surface area (TPSA) is 3.24 Å². The highest BCUT2D eigenvalue weighted by atomic mass is 15.1. The van der Waals surface area contributed by atoms with Gasteiger partial charge in [0.1, 0.15) is 0 Å². The third-order valence-corrected chi connectivity index (χ3v) is 0.949. The molecule has 0 saturated carbocycles. The van der Waals surface area contributed by atoms with Gasteiger partial charge in [-0.1, -0.05) is 0 Å². The highest BCUT2D eigenvalue weighted by molar-refractivity contribution is 4.65. The molecule has 1 heteroatoms. The Kier molecular flexibility index (Phi) is 0.618. The van der Waals surface area contributed by atoms with Crippen LogP contribution in [0.15, 0.2) is 0 Å². The van der Waals surface area contributed by atoms with Crippen LogP contribution in [0.4, 0.5) is 0 Å². The van der Waals surface area contributed by atoms with Crippen LogP contribution in [0.25, 0.3) is 0 Å². The molecule has 1 saturated heterocycles. The zero-order valence-electron chi connectivity index (χ0n) is 3.28. The van der Waals surface area contributed by atoms with Crippen molar-refractivity contribution in [2.75, 3.05) is 13.1 Å². The number of rotatable bonds is 0. The fourth-order valence-corrected chi connectivity index (χ4v) is 0.382. The molecule has 0 N–H and O–H groups in total. The predicted molar refractivity (Wildman–Crippen MR) is 21.5 cm³/mol. The minimum atomic E-state index is 1.21. The molecule has 0 aromatic heterocycles. The van der Waals surface area contributed by atoms with Crippen LogP contribution in [0.1, 0.15) is 6.42 Å². The second-order valence-electron chi connectivity index (χ2n) is 1.47. The van der Waals surface area contributed by atoms with E-state index in [0.29, 0.717) is 0 Å². The molecule has 0 aromatic carbocycles. The average Bonchev–Trinajstić information content (AvgIpc) is 1.30. The Balaban J connectivity index is 2.08. The van der Waals surface area contributed by atoms with Crippen molar-refractivity contribution in [3.63, 3.8) is 0 Å². The normalized spacial score (nSPS) is 25.8. The predicted octanol–water partition coefficient (Wildman–Crippen LogP) is 0.484. The molecule has 1 aliphatic heterocycles. The summed E-state index contributed by atoms with van der Waals surface area (Å²) in [5.41, 5.74) is 0. The van der Waals surface area contributed by atoms with E-state index in [4.69, 9.17) is 0 Å². The summed E-state index contributed by atoms with van der Waals surface area (Å²) in [6, 6.07) is 0. The summed E-state index contributed by atoms with van der Waals surface area (Å²) in [4.78, 5) is 2.06. The monoisotopic (exact) mass is 70.1 g/mol. The van der Waals surface area contributed by atoms with E-state index in [0.717, 1.165) is 0 Å². The zero-order chi connectivity index (χ0) is 3.70. The first-order valence-electron chi connectivity index (χ1n) is 1.95. The lowest BCUT2D eigenvalue weighted by Gasteiger charge is -2.33. The Bertz CT molecular complexity index is 30.6. The van der Waals surface area contributed by atoms with Gasteiger partial charge in [0, 0.05) is 0 Å². The molecule has 5 heavy (non-hydrogen) atoms. The summed E-state index contributed by atoms with van der Waals surface area (Å²) >= 11 is 0. The van der Waals surface area contributed by atoms with E-state index in [9.17, 15) is 0 Å². The Morgan fingerprint density at radius 3 is 1.80 bits per heavy atom. The number of hydrogen-bond donors (Lipinski definition) is 0. The Morgan fingerprint density at radius 2 is 1.80 bits per heavy atom. The number of nitrogens with zero attached hydrogens (tertiary/aromatic N) is 1. The Labute approximate surface area is 32.6 Å².